The molecule has 0 aliphatic carbocycles. The Labute approximate surface area is 137 Å². The molecule has 0 bridgehead atoms. The van der Waals surface area contributed by atoms with E-state index >= 15 is 0 Å². The lowest BCUT2D eigenvalue weighted by Crippen LogP contribution is -2.28. The molecule has 2 aromatic rings. The Morgan fingerprint density at radius 1 is 0.958 bits per heavy atom. The van der Waals surface area contributed by atoms with Gasteiger partial charge in [-0.25, -0.2) is 17.9 Å². The Balaban J connectivity index is 0.000000174. The van der Waals surface area contributed by atoms with Gasteiger partial charge in [-0.1, -0.05) is 30.3 Å². The summed E-state index contributed by atoms with van der Waals surface area (Å²) in [5.74, 6) is -1.16. The molecular weight excluding hydrogens is 336 g/mol. The molecule has 3 N–H and O–H groups in total. The van der Waals surface area contributed by atoms with Crippen LogP contribution in [-0.4, -0.2) is 31.4 Å². The van der Waals surface area contributed by atoms with E-state index < -0.39 is 27.9 Å². The van der Waals surface area contributed by atoms with E-state index in [-0.39, 0.29) is 10.5 Å². The molecule has 3 amide bonds. The lowest BCUT2D eigenvalue weighted by atomic mass is 10.2. The van der Waals surface area contributed by atoms with Gasteiger partial charge in [0.1, 0.15) is 4.90 Å². The second-order valence-corrected chi connectivity index (χ2v) is 6.21. The van der Waals surface area contributed by atoms with Gasteiger partial charge in [-0.15, -0.1) is 0 Å². The van der Waals surface area contributed by atoms with Gasteiger partial charge in [0.15, 0.2) is 0 Å². The second-order valence-electron chi connectivity index (χ2n) is 4.56. The topological polar surface area (TPSA) is 130 Å². The van der Waals surface area contributed by atoms with Crippen molar-refractivity contribution in [1.82, 2.24) is 10.0 Å². The fourth-order valence-electron chi connectivity index (χ4n) is 1.88. The van der Waals surface area contributed by atoms with Crippen molar-refractivity contribution < 1.29 is 27.9 Å². The number of carbonyl (C=O) groups is 3. The minimum Gasteiger partial charge on any atom is -0.465 e. The van der Waals surface area contributed by atoms with Crippen LogP contribution in [-0.2, 0) is 10.0 Å². The molecule has 0 saturated carbocycles. The number of imide groups is 1. The molecule has 3 rings (SSSR count). The molecule has 2 aromatic carbocycles. The van der Waals surface area contributed by atoms with Crippen LogP contribution in [0.5, 0.6) is 0 Å². The van der Waals surface area contributed by atoms with Gasteiger partial charge in [0.2, 0.25) is 0 Å². The average molecular weight is 348 g/mol. The highest BCUT2D eigenvalue weighted by molar-refractivity contribution is 7.90. The van der Waals surface area contributed by atoms with Crippen LogP contribution < -0.4 is 10.0 Å². The second kappa shape index (κ2) is 6.92. The van der Waals surface area contributed by atoms with Crippen LogP contribution in [0.2, 0.25) is 0 Å². The Morgan fingerprint density at radius 2 is 1.54 bits per heavy atom. The van der Waals surface area contributed by atoms with Crippen molar-refractivity contribution >= 4 is 27.9 Å². The van der Waals surface area contributed by atoms with E-state index in [0.717, 1.165) is 0 Å². The van der Waals surface area contributed by atoms with Crippen molar-refractivity contribution in [3.63, 3.8) is 0 Å². The first-order chi connectivity index (χ1) is 11.3. The molecule has 1 aliphatic heterocycles. The van der Waals surface area contributed by atoms with Crippen molar-refractivity contribution in [2.45, 2.75) is 4.90 Å². The van der Waals surface area contributed by atoms with Gasteiger partial charge in [-0.2, -0.15) is 0 Å². The molecule has 0 atom stereocenters. The Morgan fingerprint density at radius 3 is 2.12 bits per heavy atom. The SMILES string of the molecule is O=C(O)NC(=O)c1ccccc1.O=C1NS(=O)(=O)c2ccccc21. The molecule has 1 heterocycles. The van der Waals surface area contributed by atoms with Crippen LogP contribution in [0.4, 0.5) is 4.79 Å². The lowest BCUT2D eigenvalue weighted by molar-refractivity contribution is 0.0945. The van der Waals surface area contributed by atoms with E-state index in [4.69, 9.17) is 5.11 Å². The summed E-state index contributed by atoms with van der Waals surface area (Å²) in [6.07, 6.45) is -1.34. The van der Waals surface area contributed by atoms with Crippen molar-refractivity contribution in [3.8, 4) is 0 Å². The number of amides is 3. The van der Waals surface area contributed by atoms with Crippen LogP contribution in [0.25, 0.3) is 0 Å². The number of sulfonamides is 1. The summed E-state index contributed by atoms with van der Waals surface area (Å²) in [5.41, 5.74) is 0.553. The summed E-state index contributed by atoms with van der Waals surface area (Å²) < 4.78 is 24.2. The highest BCUT2D eigenvalue weighted by atomic mass is 32.2. The van der Waals surface area contributed by atoms with Gasteiger partial charge in [0.05, 0.1) is 5.56 Å². The van der Waals surface area contributed by atoms with Gasteiger partial charge in [0.25, 0.3) is 21.8 Å². The normalized spacial score (nSPS) is 13.8. The molecule has 24 heavy (non-hydrogen) atoms. The molecule has 8 nitrogen and oxygen atoms in total. The van der Waals surface area contributed by atoms with Gasteiger partial charge >= 0.3 is 6.09 Å². The third-order valence-electron chi connectivity index (χ3n) is 2.90. The molecule has 9 heteroatoms. The Kier molecular flexibility index (Phi) is 4.95. The highest BCUT2D eigenvalue weighted by Crippen LogP contribution is 2.20. The lowest BCUT2D eigenvalue weighted by Gasteiger charge is -1.97. The zero-order valence-electron chi connectivity index (χ0n) is 12.1. The fraction of sp³-hybridized carbons (Fsp3) is 0. The van der Waals surface area contributed by atoms with E-state index in [0.29, 0.717) is 5.56 Å². The number of benzene rings is 2. The minimum absolute atomic E-state index is 0.0648. The maximum Gasteiger partial charge on any atom is 0.411 e. The molecule has 0 radical (unpaired) electrons. The maximum atomic E-state index is 11.1. The predicted molar refractivity (Wildman–Crippen MR) is 83.0 cm³/mol. The van der Waals surface area contributed by atoms with Crippen molar-refractivity contribution in [2.75, 3.05) is 0 Å². The third kappa shape index (κ3) is 3.96. The van der Waals surface area contributed by atoms with Crippen LogP contribution in [0.15, 0.2) is 59.5 Å². The van der Waals surface area contributed by atoms with Crippen molar-refractivity contribution in [3.05, 3.63) is 65.7 Å². The highest BCUT2D eigenvalue weighted by Gasteiger charge is 2.31. The number of nitrogens with one attached hydrogen (secondary N) is 2. The third-order valence-corrected chi connectivity index (χ3v) is 4.29. The summed E-state index contributed by atoms with van der Waals surface area (Å²) in [7, 11) is -3.55. The van der Waals surface area contributed by atoms with Crippen molar-refractivity contribution in [1.29, 1.82) is 0 Å². The molecule has 0 fully saturated rings. The van der Waals surface area contributed by atoms with E-state index in [1.807, 2.05) is 4.72 Å². The van der Waals surface area contributed by atoms with E-state index in [1.54, 1.807) is 35.6 Å². The average Bonchev–Trinajstić information content (AvgIpc) is 2.78. The molecule has 124 valence electrons. The van der Waals surface area contributed by atoms with Gasteiger partial charge in [0, 0.05) is 5.56 Å². The molecule has 0 saturated heterocycles. The number of rotatable bonds is 1. The van der Waals surface area contributed by atoms with Gasteiger partial charge < -0.3 is 5.11 Å². The number of carbonyl (C=O) groups excluding carboxylic acids is 2. The van der Waals surface area contributed by atoms with E-state index in [2.05, 4.69) is 0 Å². The summed E-state index contributed by atoms with van der Waals surface area (Å²) >= 11 is 0. The quantitative estimate of drug-likeness (QED) is 0.710. The zero-order valence-corrected chi connectivity index (χ0v) is 12.9. The van der Waals surface area contributed by atoms with Crippen LogP contribution in [0.1, 0.15) is 20.7 Å². The predicted octanol–water partition coefficient (Wildman–Crippen LogP) is 1.21. The molecule has 0 spiro atoms. The standard InChI is InChI=1S/C8H7NO3.C7H5NO3S/c10-7(9-8(11)12)6-4-2-1-3-5-6;9-7-5-3-1-2-4-6(5)12(10,11)8-7/h1-5H,(H,9,10)(H,11,12);1-4H,(H,8,9). The Hall–Kier alpha value is -3.20. The maximum absolute atomic E-state index is 11.1. The first kappa shape index (κ1) is 17.2. The summed E-state index contributed by atoms with van der Waals surface area (Å²) in [5, 5.41) is 9.95. The number of hydrogen-bond acceptors (Lipinski definition) is 5. The van der Waals surface area contributed by atoms with E-state index in [1.165, 1.54) is 24.3 Å². The first-order valence-corrected chi connectivity index (χ1v) is 8.05. The van der Waals surface area contributed by atoms with Crippen LogP contribution in [0, 0.1) is 0 Å². The Bertz CT molecular complexity index is 893. The van der Waals surface area contributed by atoms with Gasteiger partial charge in [-0.3, -0.25) is 14.9 Å². The van der Waals surface area contributed by atoms with Crippen LogP contribution >= 0.6 is 0 Å². The molecule has 0 aromatic heterocycles. The summed E-state index contributed by atoms with van der Waals surface area (Å²) in [6, 6.07) is 14.2. The van der Waals surface area contributed by atoms with Crippen molar-refractivity contribution in [2.24, 2.45) is 0 Å². The molecular formula is C15H12N2O6S. The van der Waals surface area contributed by atoms with Gasteiger partial charge in [-0.05, 0) is 24.3 Å². The number of hydrogen-bond donors (Lipinski definition) is 3. The molecule has 1 aliphatic rings. The first-order valence-electron chi connectivity index (χ1n) is 6.57. The summed E-state index contributed by atoms with van der Waals surface area (Å²) in [6.45, 7) is 0. The summed E-state index contributed by atoms with van der Waals surface area (Å²) in [4.78, 5) is 32.1. The number of carboxylic acid groups (broad SMARTS) is 1. The fourth-order valence-corrected chi connectivity index (χ4v) is 3.05. The van der Waals surface area contributed by atoms with E-state index in [9.17, 15) is 22.8 Å². The molecule has 0 unspecified atom stereocenters. The monoisotopic (exact) mass is 348 g/mol. The minimum atomic E-state index is -3.55. The van der Waals surface area contributed by atoms with Crippen LogP contribution in [0.3, 0.4) is 0 Å². The number of fused-ring (bicyclic) bond motifs is 1. The smallest absolute Gasteiger partial charge is 0.411 e. The zero-order chi connectivity index (χ0) is 17.7. The largest absolute Gasteiger partial charge is 0.465 e.